The molecule has 0 radical (unpaired) electrons. The molecular weight excluding hydrogens is 428 g/mol. The van der Waals surface area contributed by atoms with Crippen LogP contribution in [-0.2, 0) is 9.59 Å². The standard InChI is InChI=1S/C24H24N2O7/c1-31-20-11-10-16(23(32-2)24(20)33-3)17-13-21(28)25(18-8-5-9-19(27)22(17)18)14-6-4-7-15(12-14)26(29)30/h4,6-7,10-12,17H,5,8-9,13H2,1-3H3. The zero-order valence-corrected chi connectivity index (χ0v) is 18.6. The third-order valence-electron chi connectivity index (χ3n) is 6.08. The monoisotopic (exact) mass is 452 g/mol. The van der Waals surface area contributed by atoms with E-state index in [2.05, 4.69) is 0 Å². The Hall–Kier alpha value is -3.88. The van der Waals surface area contributed by atoms with Crippen LogP contribution in [0.1, 0.15) is 37.2 Å². The second-order valence-electron chi connectivity index (χ2n) is 7.82. The van der Waals surface area contributed by atoms with E-state index in [0.717, 1.165) is 0 Å². The highest BCUT2D eigenvalue weighted by Gasteiger charge is 2.41. The van der Waals surface area contributed by atoms with Gasteiger partial charge < -0.3 is 14.2 Å². The molecular formula is C24H24N2O7. The van der Waals surface area contributed by atoms with Gasteiger partial charge in [-0.2, -0.15) is 0 Å². The van der Waals surface area contributed by atoms with Crippen molar-refractivity contribution in [2.45, 2.75) is 31.6 Å². The highest BCUT2D eigenvalue weighted by Crippen LogP contribution is 2.49. The van der Waals surface area contributed by atoms with E-state index in [-0.39, 0.29) is 23.8 Å². The number of benzene rings is 2. The number of nitro benzene ring substituents is 1. The number of allylic oxidation sites excluding steroid dienone is 2. The van der Waals surface area contributed by atoms with Gasteiger partial charge in [0.25, 0.3) is 5.69 Å². The normalized spacial score (nSPS) is 18.2. The van der Waals surface area contributed by atoms with Crippen LogP contribution in [0.2, 0.25) is 0 Å². The van der Waals surface area contributed by atoms with E-state index in [9.17, 15) is 19.7 Å². The minimum Gasteiger partial charge on any atom is -0.493 e. The molecule has 0 bridgehead atoms. The summed E-state index contributed by atoms with van der Waals surface area (Å²) in [5.41, 5.74) is 2.05. The van der Waals surface area contributed by atoms with E-state index in [4.69, 9.17) is 14.2 Å². The molecule has 0 aromatic heterocycles. The van der Waals surface area contributed by atoms with Gasteiger partial charge in [-0.15, -0.1) is 0 Å². The maximum absolute atomic E-state index is 13.4. The average molecular weight is 452 g/mol. The second kappa shape index (κ2) is 8.93. The first kappa shape index (κ1) is 22.3. The molecule has 172 valence electrons. The molecule has 2 aliphatic rings. The number of amides is 1. The molecule has 1 amide bonds. The van der Waals surface area contributed by atoms with Gasteiger partial charge in [0.15, 0.2) is 17.3 Å². The number of ketones is 1. The van der Waals surface area contributed by atoms with E-state index in [1.54, 1.807) is 18.2 Å². The van der Waals surface area contributed by atoms with Gasteiger partial charge in [0.1, 0.15) is 0 Å². The largest absolute Gasteiger partial charge is 0.493 e. The molecule has 0 saturated heterocycles. The molecule has 1 aliphatic heterocycles. The molecule has 0 saturated carbocycles. The summed E-state index contributed by atoms with van der Waals surface area (Å²) in [4.78, 5) is 38.8. The minimum atomic E-state index is -0.523. The van der Waals surface area contributed by atoms with E-state index in [0.29, 0.717) is 59.0 Å². The zero-order chi connectivity index (χ0) is 23.7. The van der Waals surface area contributed by atoms with Crippen molar-refractivity contribution in [2.24, 2.45) is 0 Å². The summed E-state index contributed by atoms with van der Waals surface area (Å²) in [6.07, 6.45) is 1.51. The minimum absolute atomic E-state index is 0.0130. The summed E-state index contributed by atoms with van der Waals surface area (Å²) in [7, 11) is 4.51. The summed E-state index contributed by atoms with van der Waals surface area (Å²) in [5.74, 6) is 0.458. The molecule has 0 fully saturated rings. The summed E-state index contributed by atoms with van der Waals surface area (Å²) in [5, 5.41) is 11.3. The number of methoxy groups -OCH3 is 3. The maximum atomic E-state index is 13.4. The van der Waals surface area contributed by atoms with Gasteiger partial charge in [0.05, 0.1) is 31.9 Å². The number of non-ortho nitro benzene ring substituents is 1. The van der Waals surface area contributed by atoms with Crippen LogP contribution in [0.25, 0.3) is 0 Å². The lowest BCUT2D eigenvalue weighted by molar-refractivity contribution is -0.384. The number of nitrogens with zero attached hydrogens (tertiary/aromatic N) is 2. The molecule has 33 heavy (non-hydrogen) atoms. The number of nitro groups is 1. The summed E-state index contributed by atoms with van der Waals surface area (Å²) in [6, 6.07) is 9.42. The summed E-state index contributed by atoms with van der Waals surface area (Å²) < 4.78 is 16.5. The Morgan fingerprint density at radius 1 is 1.00 bits per heavy atom. The Labute approximate surface area is 190 Å². The molecule has 1 aliphatic carbocycles. The molecule has 9 heteroatoms. The van der Waals surface area contributed by atoms with Crippen LogP contribution in [0.5, 0.6) is 17.2 Å². The average Bonchev–Trinajstić information content (AvgIpc) is 2.82. The van der Waals surface area contributed by atoms with Crippen molar-refractivity contribution in [1.29, 1.82) is 0 Å². The van der Waals surface area contributed by atoms with Crippen LogP contribution >= 0.6 is 0 Å². The molecule has 2 aromatic rings. The van der Waals surface area contributed by atoms with Crippen LogP contribution in [0.3, 0.4) is 0 Å². The van der Waals surface area contributed by atoms with Gasteiger partial charge in [-0.3, -0.25) is 24.6 Å². The van der Waals surface area contributed by atoms with E-state index < -0.39 is 10.8 Å². The van der Waals surface area contributed by atoms with Crippen LogP contribution in [-0.4, -0.2) is 37.9 Å². The second-order valence-corrected chi connectivity index (χ2v) is 7.82. The molecule has 1 atom stereocenters. The first-order chi connectivity index (χ1) is 15.9. The van der Waals surface area contributed by atoms with Crippen LogP contribution in [0.15, 0.2) is 47.7 Å². The number of hydrogen-bond donors (Lipinski definition) is 0. The molecule has 0 spiro atoms. The first-order valence-electron chi connectivity index (χ1n) is 10.5. The fraction of sp³-hybridized carbons (Fsp3) is 0.333. The lowest BCUT2D eigenvalue weighted by Crippen LogP contribution is -2.40. The van der Waals surface area contributed by atoms with Gasteiger partial charge in [0.2, 0.25) is 11.7 Å². The number of Topliss-reactive ketones (excluding diaryl/α,β-unsaturated/α-hetero) is 1. The lowest BCUT2D eigenvalue weighted by Gasteiger charge is -2.38. The summed E-state index contributed by atoms with van der Waals surface area (Å²) in [6.45, 7) is 0. The number of rotatable bonds is 6. The Balaban J connectivity index is 1.90. The quantitative estimate of drug-likeness (QED) is 0.478. The molecule has 1 heterocycles. The van der Waals surface area contributed by atoms with Crippen molar-refractivity contribution in [3.63, 3.8) is 0 Å². The molecule has 2 aromatic carbocycles. The van der Waals surface area contributed by atoms with Crippen LogP contribution < -0.4 is 19.1 Å². The predicted octanol–water partition coefficient (Wildman–Crippen LogP) is 4.15. The highest BCUT2D eigenvalue weighted by molar-refractivity contribution is 6.07. The van der Waals surface area contributed by atoms with E-state index >= 15 is 0 Å². The van der Waals surface area contributed by atoms with Gasteiger partial charge in [-0.1, -0.05) is 12.1 Å². The van der Waals surface area contributed by atoms with Crippen molar-refractivity contribution < 1.29 is 28.7 Å². The third-order valence-corrected chi connectivity index (χ3v) is 6.08. The summed E-state index contributed by atoms with van der Waals surface area (Å²) >= 11 is 0. The number of anilines is 1. The fourth-order valence-electron chi connectivity index (χ4n) is 4.70. The Bertz CT molecular complexity index is 1170. The molecule has 9 nitrogen and oxygen atoms in total. The maximum Gasteiger partial charge on any atom is 0.271 e. The van der Waals surface area contributed by atoms with Crippen molar-refractivity contribution in [3.8, 4) is 17.2 Å². The van der Waals surface area contributed by atoms with Crippen molar-refractivity contribution in [2.75, 3.05) is 26.2 Å². The van der Waals surface area contributed by atoms with Gasteiger partial charge in [-0.25, -0.2) is 0 Å². The van der Waals surface area contributed by atoms with E-state index in [1.165, 1.54) is 44.4 Å². The third kappa shape index (κ3) is 3.79. The predicted molar refractivity (Wildman–Crippen MR) is 120 cm³/mol. The highest BCUT2D eigenvalue weighted by atomic mass is 16.6. The molecule has 0 N–H and O–H groups in total. The molecule has 4 rings (SSSR count). The van der Waals surface area contributed by atoms with Gasteiger partial charge in [-0.05, 0) is 25.0 Å². The Kier molecular flexibility index (Phi) is 6.04. The lowest BCUT2D eigenvalue weighted by atomic mass is 9.76. The smallest absolute Gasteiger partial charge is 0.271 e. The van der Waals surface area contributed by atoms with Crippen molar-refractivity contribution in [1.82, 2.24) is 0 Å². The van der Waals surface area contributed by atoms with Crippen LogP contribution in [0.4, 0.5) is 11.4 Å². The number of carbonyl (C=O) groups is 2. The first-order valence-corrected chi connectivity index (χ1v) is 10.5. The topological polar surface area (TPSA) is 108 Å². The fourth-order valence-corrected chi connectivity index (χ4v) is 4.70. The molecule has 1 unspecified atom stereocenters. The van der Waals surface area contributed by atoms with Crippen molar-refractivity contribution in [3.05, 3.63) is 63.3 Å². The van der Waals surface area contributed by atoms with Crippen molar-refractivity contribution >= 4 is 23.1 Å². The van der Waals surface area contributed by atoms with Gasteiger partial charge in [0, 0.05) is 47.7 Å². The SMILES string of the molecule is COc1ccc(C2CC(=O)N(c3cccc([N+](=O)[O-])c3)C3=C2C(=O)CCC3)c(OC)c1OC. The van der Waals surface area contributed by atoms with Gasteiger partial charge >= 0.3 is 0 Å². The number of hydrogen-bond acceptors (Lipinski definition) is 7. The van der Waals surface area contributed by atoms with Crippen LogP contribution in [0, 0.1) is 10.1 Å². The number of carbonyl (C=O) groups excluding carboxylic acids is 2. The zero-order valence-electron chi connectivity index (χ0n) is 18.6. The van der Waals surface area contributed by atoms with E-state index in [1.807, 2.05) is 0 Å². The number of ether oxygens (including phenoxy) is 3. The Morgan fingerprint density at radius 3 is 2.42 bits per heavy atom. The Morgan fingerprint density at radius 2 is 1.76 bits per heavy atom.